The Labute approximate surface area is 126 Å². The highest BCUT2D eigenvalue weighted by Crippen LogP contribution is 2.28. The summed E-state index contributed by atoms with van der Waals surface area (Å²) in [5.74, 6) is -0.336. The minimum atomic E-state index is -0.336. The molecule has 1 N–H and O–H groups in total. The first-order valence-electron chi connectivity index (χ1n) is 6.66. The summed E-state index contributed by atoms with van der Waals surface area (Å²) in [6.45, 7) is 2.68. The minimum absolute atomic E-state index is 0.297. The highest BCUT2D eigenvalue weighted by atomic mass is 35.5. The van der Waals surface area contributed by atoms with Crippen molar-refractivity contribution in [2.75, 3.05) is 6.54 Å². The summed E-state index contributed by atoms with van der Waals surface area (Å²) in [6.07, 6.45) is 6.88. The van der Waals surface area contributed by atoms with E-state index in [2.05, 4.69) is 15.4 Å². The van der Waals surface area contributed by atoms with Crippen molar-refractivity contribution in [1.29, 1.82) is 0 Å². The lowest BCUT2D eigenvalue weighted by molar-refractivity contribution is 0.560. The molecule has 4 nitrogen and oxygen atoms in total. The van der Waals surface area contributed by atoms with Crippen LogP contribution in [0.5, 0.6) is 0 Å². The van der Waals surface area contributed by atoms with E-state index < -0.39 is 0 Å². The molecule has 0 fully saturated rings. The molecule has 1 aromatic carbocycles. The van der Waals surface area contributed by atoms with E-state index in [1.54, 1.807) is 41.4 Å². The van der Waals surface area contributed by atoms with Crippen LogP contribution in [-0.2, 0) is 0 Å². The highest BCUT2D eigenvalue weighted by Gasteiger charge is 2.21. The molecule has 0 bridgehead atoms. The lowest BCUT2D eigenvalue weighted by Gasteiger charge is -2.18. The van der Waals surface area contributed by atoms with Gasteiger partial charge in [0.05, 0.1) is 24.0 Å². The zero-order valence-electron chi connectivity index (χ0n) is 11.4. The maximum absolute atomic E-state index is 14.2. The summed E-state index contributed by atoms with van der Waals surface area (Å²) in [7, 11) is 0. The average molecular weight is 305 g/mol. The van der Waals surface area contributed by atoms with Crippen LogP contribution in [0.1, 0.15) is 24.1 Å². The van der Waals surface area contributed by atoms with Gasteiger partial charge in [-0.25, -0.2) is 8.91 Å². The first kappa shape index (κ1) is 14.0. The van der Waals surface area contributed by atoms with Gasteiger partial charge in [-0.1, -0.05) is 24.6 Å². The van der Waals surface area contributed by atoms with Crippen molar-refractivity contribution in [2.45, 2.75) is 13.0 Å². The second-order valence-electron chi connectivity index (χ2n) is 4.66. The molecule has 0 aliphatic carbocycles. The van der Waals surface area contributed by atoms with E-state index in [4.69, 9.17) is 11.6 Å². The monoisotopic (exact) mass is 304 g/mol. The van der Waals surface area contributed by atoms with E-state index in [-0.39, 0.29) is 11.9 Å². The summed E-state index contributed by atoms with van der Waals surface area (Å²) in [5, 5.41) is 7.95. The minimum Gasteiger partial charge on any atom is -0.306 e. The van der Waals surface area contributed by atoms with Gasteiger partial charge in [-0.2, -0.15) is 5.10 Å². The standard InChI is InChI=1S/C15H14ClFN4/c1-2-19-15(11-4-3-10(16)7-13(11)17)12-8-20-21-6-5-18-9-14(12)21/h3-9,15,19H,2H2,1H3. The number of benzene rings is 1. The van der Waals surface area contributed by atoms with Gasteiger partial charge in [0.25, 0.3) is 0 Å². The van der Waals surface area contributed by atoms with Crippen LogP contribution < -0.4 is 5.32 Å². The van der Waals surface area contributed by atoms with Gasteiger partial charge in [0, 0.05) is 28.5 Å². The summed E-state index contributed by atoms with van der Waals surface area (Å²) >= 11 is 5.83. The molecule has 1 atom stereocenters. The van der Waals surface area contributed by atoms with Crippen molar-refractivity contribution >= 4 is 17.1 Å². The number of halogens is 2. The van der Waals surface area contributed by atoms with E-state index in [1.807, 2.05) is 6.92 Å². The van der Waals surface area contributed by atoms with Gasteiger partial charge in [0.2, 0.25) is 0 Å². The number of fused-ring (bicyclic) bond motifs is 1. The van der Waals surface area contributed by atoms with Crippen LogP contribution in [0.4, 0.5) is 4.39 Å². The number of aromatic nitrogens is 3. The molecule has 0 saturated carbocycles. The number of hydrogen-bond donors (Lipinski definition) is 1. The lowest BCUT2D eigenvalue weighted by atomic mass is 9.99. The Hall–Kier alpha value is -1.98. The molecule has 108 valence electrons. The Morgan fingerprint density at radius 3 is 2.95 bits per heavy atom. The zero-order chi connectivity index (χ0) is 14.8. The van der Waals surface area contributed by atoms with E-state index in [0.29, 0.717) is 17.1 Å². The molecule has 6 heteroatoms. The Bertz CT molecular complexity index is 771. The van der Waals surface area contributed by atoms with E-state index in [0.717, 1.165) is 11.1 Å². The molecule has 1 unspecified atom stereocenters. The predicted octanol–water partition coefficient (Wildman–Crippen LogP) is 3.22. The quantitative estimate of drug-likeness (QED) is 0.805. The van der Waals surface area contributed by atoms with Crippen molar-refractivity contribution in [2.24, 2.45) is 0 Å². The van der Waals surface area contributed by atoms with Crippen LogP contribution in [0, 0.1) is 5.82 Å². The van der Waals surface area contributed by atoms with Gasteiger partial charge in [0.15, 0.2) is 0 Å². The third kappa shape index (κ3) is 2.62. The van der Waals surface area contributed by atoms with Gasteiger partial charge in [-0.15, -0.1) is 0 Å². The van der Waals surface area contributed by atoms with Crippen LogP contribution in [-0.4, -0.2) is 21.1 Å². The molecule has 0 amide bonds. The molecular formula is C15H14ClFN4. The molecule has 0 spiro atoms. The fourth-order valence-electron chi connectivity index (χ4n) is 2.40. The van der Waals surface area contributed by atoms with Crippen molar-refractivity contribution in [3.8, 4) is 0 Å². The SMILES string of the molecule is CCNC(c1ccc(Cl)cc1F)c1cnn2ccncc12. The van der Waals surface area contributed by atoms with Crippen LogP contribution >= 0.6 is 11.6 Å². The lowest BCUT2D eigenvalue weighted by Crippen LogP contribution is -2.23. The van der Waals surface area contributed by atoms with Gasteiger partial charge in [0.1, 0.15) is 5.82 Å². The summed E-state index contributed by atoms with van der Waals surface area (Å²) in [6, 6.07) is 4.42. The third-order valence-electron chi connectivity index (χ3n) is 3.35. The summed E-state index contributed by atoms with van der Waals surface area (Å²) < 4.78 is 16.0. The molecule has 0 radical (unpaired) electrons. The molecule has 2 heterocycles. The average Bonchev–Trinajstić information content (AvgIpc) is 2.89. The van der Waals surface area contributed by atoms with Gasteiger partial charge >= 0.3 is 0 Å². The topological polar surface area (TPSA) is 42.2 Å². The van der Waals surface area contributed by atoms with Crippen LogP contribution in [0.3, 0.4) is 0 Å². The van der Waals surface area contributed by atoms with Crippen molar-refractivity contribution < 1.29 is 4.39 Å². The third-order valence-corrected chi connectivity index (χ3v) is 3.58. The van der Waals surface area contributed by atoms with Crippen molar-refractivity contribution in [3.63, 3.8) is 0 Å². The molecule has 0 saturated heterocycles. The fourth-order valence-corrected chi connectivity index (χ4v) is 2.56. The molecule has 3 rings (SSSR count). The second-order valence-corrected chi connectivity index (χ2v) is 5.10. The van der Waals surface area contributed by atoms with Crippen LogP contribution in [0.2, 0.25) is 5.02 Å². The largest absolute Gasteiger partial charge is 0.306 e. The van der Waals surface area contributed by atoms with E-state index in [1.165, 1.54) is 6.07 Å². The van der Waals surface area contributed by atoms with Gasteiger partial charge in [-0.3, -0.25) is 4.98 Å². The summed E-state index contributed by atoms with van der Waals surface area (Å²) in [5.41, 5.74) is 2.27. The van der Waals surface area contributed by atoms with Crippen molar-refractivity contribution in [3.05, 3.63) is 65.0 Å². The molecule has 21 heavy (non-hydrogen) atoms. The molecule has 2 aromatic heterocycles. The highest BCUT2D eigenvalue weighted by molar-refractivity contribution is 6.30. The molecule has 3 aromatic rings. The number of hydrogen-bond acceptors (Lipinski definition) is 3. The van der Waals surface area contributed by atoms with Crippen LogP contribution in [0.25, 0.3) is 5.52 Å². The first-order chi connectivity index (χ1) is 10.2. The maximum atomic E-state index is 14.2. The Balaban J connectivity index is 2.13. The van der Waals surface area contributed by atoms with Crippen molar-refractivity contribution in [1.82, 2.24) is 19.9 Å². The Morgan fingerprint density at radius 2 is 2.19 bits per heavy atom. The number of nitrogens with zero attached hydrogens (tertiary/aromatic N) is 3. The number of rotatable bonds is 4. The second kappa shape index (κ2) is 5.79. The van der Waals surface area contributed by atoms with Crippen LogP contribution in [0.15, 0.2) is 43.0 Å². The molecule has 0 aliphatic heterocycles. The van der Waals surface area contributed by atoms with Gasteiger partial charge in [-0.05, 0) is 18.7 Å². The normalized spacial score (nSPS) is 12.7. The van der Waals surface area contributed by atoms with Gasteiger partial charge < -0.3 is 5.32 Å². The zero-order valence-corrected chi connectivity index (χ0v) is 12.2. The summed E-state index contributed by atoms with van der Waals surface area (Å²) in [4.78, 5) is 4.12. The molecular weight excluding hydrogens is 291 g/mol. The van der Waals surface area contributed by atoms with E-state index >= 15 is 0 Å². The first-order valence-corrected chi connectivity index (χ1v) is 7.04. The maximum Gasteiger partial charge on any atom is 0.129 e. The number of nitrogens with one attached hydrogen (secondary N) is 1. The smallest absolute Gasteiger partial charge is 0.129 e. The Kier molecular flexibility index (Phi) is 3.86. The predicted molar refractivity (Wildman–Crippen MR) is 79.9 cm³/mol. The fraction of sp³-hybridized carbons (Fsp3) is 0.200. The Morgan fingerprint density at radius 1 is 1.33 bits per heavy atom. The molecule has 0 aliphatic rings. The van der Waals surface area contributed by atoms with E-state index in [9.17, 15) is 4.39 Å².